The van der Waals surface area contributed by atoms with Gasteiger partial charge in [0, 0.05) is 52.2 Å². The Morgan fingerprint density at radius 1 is 0.812 bits per heavy atom. The number of aromatic nitrogens is 2. The molecular formula is C29H26N2O. The van der Waals surface area contributed by atoms with Crippen LogP contribution in [0.4, 0.5) is 0 Å². The van der Waals surface area contributed by atoms with Crippen molar-refractivity contribution in [1.82, 2.24) is 9.13 Å². The first-order chi connectivity index (χ1) is 15.6. The van der Waals surface area contributed by atoms with Gasteiger partial charge in [-0.25, -0.2) is 0 Å². The molecule has 0 saturated carbocycles. The summed E-state index contributed by atoms with van der Waals surface area (Å²) in [4.78, 5) is 13.4. The van der Waals surface area contributed by atoms with Gasteiger partial charge in [-0.15, -0.1) is 0 Å². The first kappa shape index (κ1) is 19.1. The summed E-state index contributed by atoms with van der Waals surface area (Å²) in [6.45, 7) is 3.98. The number of carbonyl (C=O) groups is 1. The van der Waals surface area contributed by atoms with E-state index < -0.39 is 0 Å². The van der Waals surface area contributed by atoms with Crippen molar-refractivity contribution in [1.29, 1.82) is 0 Å². The van der Waals surface area contributed by atoms with Crippen LogP contribution in [0.1, 0.15) is 41.3 Å². The summed E-state index contributed by atoms with van der Waals surface area (Å²) >= 11 is 0. The fourth-order valence-electron chi connectivity index (χ4n) is 6.07. The van der Waals surface area contributed by atoms with E-state index in [4.69, 9.17) is 0 Å². The van der Waals surface area contributed by atoms with E-state index in [2.05, 4.69) is 102 Å². The van der Waals surface area contributed by atoms with Crippen LogP contribution in [0, 0.1) is 12.8 Å². The number of hydrogen-bond donors (Lipinski definition) is 0. The van der Waals surface area contributed by atoms with Crippen molar-refractivity contribution in [3.05, 3.63) is 107 Å². The topological polar surface area (TPSA) is 26.9 Å². The zero-order valence-corrected chi connectivity index (χ0v) is 18.6. The number of nitrogens with zero attached hydrogens (tertiary/aromatic N) is 2. The van der Waals surface area contributed by atoms with E-state index in [0.29, 0.717) is 0 Å². The third-order valence-corrected chi connectivity index (χ3v) is 7.36. The Labute approximate surface area is 187 Å². The number of rotatable bonds is 3. The third-order valence-electron chi connectivity index (χ3n) is 7.36. The molecule has 3 heteroatoms. The number of benzene rings is 3. The number of fused-ring (bicyclic) bond motifs is 4. The van der Waals surface area contributed by atoms with Gasteiger partial charge in [-0.3, -0.25) is 4.79 Å². The standard InChI is InChI=1S/C29H26N2O/c1-18-21-13-7-10-16-25(21)31-28(18)27(20-11-5-4-6-12-20)26(19(2)32)29(31)23-17-30(3)24-15-9-8-14-22(23)24/h4-17,26-27,29H,1-3H3/t26-,27-,29+/m0/s1. The summed E-state index contributed by atoms with van der Waals surface area (Å²) in [5, 5.41) is 2.50. The number of Topliss-reactive ketones (excluding diaryl/α,β-unsaturated/α-hetero) is 1. The number of para-hydroxylation sites is 2. The normalized spacial score (nSPS) is 20.2. The van der Waals surface area contributed by atoms with Gasteiger partial charge in [0.25, 0.3) is 0 Å². The fourth-order valence-corrected chi connectivity index (χ4v) is 6.07. The molecule has 1 aliphatic rings. The minimum Gasteiger partial charge on any atom is -0.350 e. The molecular weight excluding hydrogens is 392 g/mol. The van der Waals surface area contributed by atoms with Crippen LogP contribution in [0.15, 0.2) is 85.1 Å². The van der Waals surface area contributed by atoms with Crippen LogP contribution in [0.5, 0.6) is 0 Å². The Morgan fingerprint density at radius 2 is 1.44 bits per heavy atom. The molecule has 1 aliphatic heterocycles. The first-order valence-electron chi connectivity index (χ1n) is 11.3. The van der Waals surface area contributed by atoms with Gasteiger partial charge in [-0.05, 0) is 37.1 Å². The number of carbonyl (C=O) groups excluding carboxylic acids is 1. The van der Waals surface area contributed by atoms with Gasteiger partial charge in [0.15, 0.2) is 0 Å². The smallest absolute Gasteiger partial charge is 0.136 e. The molecule has 158 valence electrons. The second kappa shape index (κ2) is 6.96. The highest BCUT2D eigenvalue weighted by Crippen LogP contribution is 2.53. The Bertz CT molecular complexity index is 1490. The average molecular weight is 419 g/mol. The molecule has 3 heterocycles. The molecule has 0 radical (unpaired) electrons. The van der Waals surface area contributed by atoms with E-state index in [9.17, 15) is 4.79 Å². The molecule has 3 nitrogen and oxygen atoms in total. The second-order valence-corrected chi connectivity index (χ2v) is 9.08. The highest BCUT2D eigenvalue weighted by molar-refractivity contribution is 5.92. The summed E-state index contributed by atoms with van der Waals surface area (Å²) in [7, 11) is 2.10. The molecule has 3 aromatic carbocycles. The highest BCUT2D eigenvalue weighted by Gasteiger charge is 2.47. The summed E-state index contributed by atoms with van der Waals surface area (Å²) < 4.78 is 4.66. The van der Waals surface area contributed by atoms with Crippen LogP contribution >= 0.6 is 0 Å². The average Bonchev–Trinajstić information content (AvgIpc) is 3.43. The lowest BCUT2D eigenvalue weighted by Crippen LogP contribution is -2.24. The molecule has 0 amide bonds. The van der Waals surface area contributed by atoms with Crippen molar-refractivity contribution in [3.8, 4) is 0 Å². The van der Waals surface area contributed by atoms with E-state index in [-0.39, 0.29) is 23.7 Å². The lowest BCUT2D eigenvalue weighted by molar-refractivity contribution is -0.121. The van der Waals surface area contributed by atoms with Gasteiger partial charge in [0.05, 0.1) is 12.0 Å². The lowest BCUT2D eigenvalue weighted by atomic mass is 9.77. The van der Waals surface area contributed by atoms with E-state index >= 15 is 0 Å². The molecule has 0 unspecified atom stereocenters. The molecule has 32 heavy (non-hydrogen) atoms. The maximum absolute atomic E-state index is 13.4. The van der Waals surface area contributed by atoms with Gasteiger partial charge >= 0.3 is 0 Å². The summed E-state index contributed by atoms with van der Waals surface area (Å²) in [5.74, 6) is 0.121. The number of hydrogen-bond acceptors (Lipinski definition) is 1. The van der Waals surface area contributed by atoms with Crippen LogP contribution in [0.2, 0.25) is 0 Å². The Morgan fingerprint density at radius 3 is 2.16 bits per heavy atom. The van der Waals surface area contributed by atoms with Crippen LogP contribution in [-0.2, 0) is 11.8 Å². The van der Waals surface area contributed by atoms with Crippen LogP contribution in [0.3, 0.4) is 0 Å². The Hall–Kier alpha value is -3.59. The zero-order valence-electron chi connectivity index (χ0n) is 18.6. The number of aryl methyl sites for hydroxylation is 2. The quantitative estimate of drug-likeness (QED) is 0.334. The molecule has 0 aliphatic carbocycles. The van der Waals surface area contributed by atoms with Gasteiger partial charge in [0.1, 0.15) is 5.78 Å². The molecule has 0 spiro atoms. The first-order valence-corrected chi connectivity index (χ1v) is 11.3. The van der Waals surface area contributed by atoms with E-state index in [1.165, 1.54) is 44.2 Å². The highest BCUT2D eigenvalue weighted by atomic mass is 16.1. The SMILES string of the molecule is CC(=O)[C@H]1[C@H](c2ccccc2)c2c(C)c3ccccc3n2[C@@H]1c1cn(C)c2ccccc12. The monoisotopic (exact) mass is 418 g/mol. The third kappa shape index (κ3) is 2.51. The molecule has 6 rings (SSSR count). The van der Waals surface area contributed by atoms with Crippen molar-refractivity contribution in [2.24, 2.45) is 13.0 Å². The second-order valence-electron chi connectivity index (χ2n) is 9.08. The van der Waals surface area contributed by atoms with E-state index in [1.54, 1.807) is 6.92 Å². The molecule has 2 aromatic heterocycles. The van der Waals surface area contributed by atoms with Gasteiger partial charge < -0.3 is 9.13 Å². The minimum absolute atomic E-state index is 0.0325. The predicted molar refractivity (Wildman–Crippen MR) is 130 cm³/mol. The zero-order chi connectivity index (χ0) is 22.0. The number of ketones is 1. The van der Waals surface area contributed by atoms with Gasteiger partial charge in [-0.2, -0.15) is 0 Å². The van der Waals surface area contributed by atoms with Gasteiger partial charge in [0.2, 0.25) is 0 Å². The maximum Gasteiger partial charge on any atom is 0.136 e. The lowest BCUT2D eigenvalue weighted by Gasteiger charge is -2.24. The van der Waals surface area contributed by atoms with Crippen molar-refractivity contribution in [2.45, 2.75) is 25.8 Å². The molecule has 0 saturated heterocycles. The van der Waals surface area contributed by atoms with Crippen molar-refractivity contribution in [3.63, 3.8) is 0 Å². The van der Waals surface area contributed by atoms with Crippen molar-refractivity contribution < 1.29 is 4.79 Å². The summed E-state index contributed by atoms with van der Waals surface area (Å²) in [6, 6.07) is 27.7. The molecule has 0 N–H and O–H groups in total. The van der Waals surface area contributed by atoms with Crippen LogP contribution in [0.25, 0.3) is 21.8 Å². The fraction of sp³-hybridized carbons (Fsp3) is 0.207. The largest absolute Gasteiger partial charge is 0.350 e. The van der Waals surface area contributed by atoms with Crippen molar-refractivity contribution in [2.75, 3.05) is 0 Å². The maximum atomic E-state index is 13.4. The molecule has 5 aromatic rings. The van der Waals surface area contributed by atoms with Crippen LogP contribution < -0.4 is 0 Å². The van der Waals surface area contributed by atoms with E-state index in [0.717, 1.165) is 0 Å². The Balaban J connectivity index is 1.73. The summed E-state index contributed by atoms with van der Waals surface area (Å²) in [6.07, 6.45) is 2.23. The molecule has 0 fully saturated rings. The predicted octanol–water partition coefficient (Wildman–Crippen LogP) is 6.38. The minimum atomic E-state index is -0.151. The Kier molecular flexibility index (Phi) is 4.16. The molecule has 0 bridgehead atoms. The van der Waals surface area contributed by atoms with E-state index in [1.807, 2.05) is 6.07 Å². The van der Waals surface area contributed by atoms with Crippen molar-refractivity contribution >= 4 is 27.6 Å². The molecule has 3 atom stereocenters. The van der Waals surface area contributed by atoms with Gasteiger partial charge in [-0.1, -0.05) is 66.7 Å². The van der Waals surface area contributed by atoms with Crippen LogP contribution in [-0.4, -0.2) is 14.9 Å². The summed E-state index contributed by atoms with van der Waals surface area (Å²) in [5.41, 5.74) is 7.40.